The van der Waals surface area contributed by atoms with Crippen LogP contribution < -0.4 is 5.32 Å². The van der Waals surface area contributed by atoms with E-state index in [2.05, 4.69) is 10.4 Å². The first-order valence-corrected chi connectivity index (χ1v) is 8.16. The van der Waals surface area contributed by atoms with E-state index in [9.17, 15) is 4.79 Å². The molecule has 4 nitrogen and oxygen atoms in total. The van der Waals surface area contributed by atoms with Crippen LogP contribution in [0.15, 0.2) is 66.3 Å². The Kier molecular flexibility index (Phi) is 4.68. The normalized spacial score (nSPS) is 12.4. The predicted molar refractivity (Wildman–Crippen MR) is 93.0 cm³/mol. The van der Waals surface area contributed by atoms with Crippen LogP contribution in [0.1, 0.15) is 22.0 Å². The zero-order valence-corrected chi connectivity index (χ0v) is 13.5. The van der Waals surface area contributed by atoms with E-state index in [-0.39, 0.29) is 11.9 Å². The summed E-state index contributed by atoms with van der Waals surface area (Å²) in [5.74, 6) is -0.129. The highest BCUT2D eigenvalue weighted by atomic mass is 32.1. The van der Waals surface area contributed by atoms with Crippen LogP contribution in [0.3, 0.4) is 0 Å². The average Bonchev–Trinajstić information content (AvgIpc) is 3.23. The lowest BCUT2D eigenvalue weighted by molar-refractivity contribution is -0.116. The molecule has 0 radical (unpaired) electrons. The van der Waals surface area contributed by atoms with Gasteiger partial charge < -0.3 is 5.32 Å². The molecule has 0 aliphatic rings. The lowest BCUT2D eigenvalue weighted by atomic mass is 10.1. The number of hydrogen-bond donors (Lipinski definition) is 1. The summed E-state index contributed by atoms with van der Waals surface area (Å²) < 4.78 is 1.70. The Bertz CT molecular complexity index is 791. The first kappa shape index (κ1) is 15.2. The Morgan fingerprint density at radius 1 is 1.26 bits per heavy atom. The lowest BCUT2D eigenvalue weighted by Gasteiger charge is -2.17. The first-order valence-electron chi connectivity index (χ1n) is 7.28. The van der Waals surface area contributed by atoms with E-state index < -0.39 is 0 Å². The van der Waals surface area contributed by atoms with Crippen LogP contribution in [0.2, 0.25) is 0 Å². The number of aromatic nitrogens is 2. The van der Waals surface area contributed by atoms with Gasteiger partial charge in [-0.15, -0.1) is 11.3 Å². The number of thiophene rings is 1. The Balaban J connectivity index is 1.76. The van der Waals surface area contributed by atoms with Crippen molar-refractivity contribution in [1.82, 2.24) is 15.1 Å². The van der Waals surface area contributed by atoms with Crippen LogP contribution in [-0.2, 0) is 11.8 Å². The number of aryl methyl sites for hydroxylation is 1. The number of benzene rings is 1. The maximum Gasteiger partial charge on any atom is 0.244 e. The van der Waals surface area contributed by atoms with Crippen molar-refractivity contribution in [2.75, 3.05) is 0 Å². The van der Waals surface area contributed by atoms with Gasteiger partial charge in [-0.25, -0.2) is 0 Å². The molecule has 2 heterocycles. The minimum absolute atomic E-state index is 0.129. The van der Waals surface area contributed by atoms with E-state index >= 15 is 0 Å². The van der Waals surface area contributed by atoms with Crippen LogP contribution in [0, 0.1) is 0 Å². The smallest absolute Gasteiger partial charge is 0.244 e. The summed E-state index contributed by atoms with van der Waals surface area (Å²) in [4.78, 5) is 13.4. The lowest BCUT2D eigenvalue weighted by Crippen LogP contribution is -2.27. The van der Waals surface area contributed by atoms with Gasteiger partial charge in [0.25, 0.3) is 0 Å². The minimum Gasteiger partial charge on any atom is -0.341 e. The van der Waals surface area contributed by atoms with Crippen molar-refractivity contribution in [3.63, 3.8) is 0 Å². The van der Waals surface area contributed by atoms with Crippen LogP contribution >= 0.6 is 11.3 Å². The molecule has 3 aromatic rings. The van der Waals surface area contributed by atoms with Crippen LogP contribution in [0.5, 0.6) is 0 Å². The predicted octanol–water partition coefficient (Wildman–Crippen LogP) is 3.40. The van der Waals surface area contributed by atoms with Crippen molar-refractivity contribution in [1.29, 1.82) is 0 Å². The summed E-state index contributed by atoms with van der Waals surface area (Å²) in [6.07, 6.45) is 6.88. The van der Waals surface area contributed by atoms with Crippen molar-refractivity contribution in [2.24, 2.45) is 7.05 Å². The van der Waals surface area contributed by atoms with Crippen molar-refractivity contribution < 1.29 is 4.79 Å². The van der Waals surface area contributed by atoms with Gasteiger partial charge in [0.15, 0.2) is 0 Å². The standard InChI is InChI=1S/C18H17N3OS/c1-21-13-14(12-19-21)9-10-17(22)20-18(16-8-5-11-23-16)15-6-3-2-4-7-15/h2-13,18H,1H3,(H,20,22)/b10-9+/t18-/m0/s1. The molecule has 1 N–H and O–H groups in total. The van der Waals surface area contributed by atoms with Crippen LogP contribution in [0.25, 0.3) is 6.08 Å². The number of hydrogen-bond acceptors (Lipinski definition) is 3. The van der Waals surface area contributed by atoms with Crippen LogP contribution in [0.4, 0.5) is 0 Å². The second-order valence-corrected chi connectivity index (χ2v) is 6.13. The second kappa shape index (κ2) is 7.07. The average molecular weight is 323 g/mol. The monoisotopic (exact) mass is 323 g/mol. The summed E-state index contributed by atoms with van der Waals surface area (Å²) in [6.45, 7) is 0. The van der Waals surface area contributed by atoms with Gasteiger partial charge in [-0.1, -0.05) is 36.4 Å². The Morgan fingerprint density at radius 3 is 2.74 bits per heavy atom. The molecule has 3 rings (SSSR count). The maximum absolute atomic E-state index is 12.3. The Labute approximate surface area is 139 Å². The highest BCUT2D eigenvalue weighted by Gasteiger charge is 2.16. The second-order valence-electron chi connectivity index (χ2n) is 5.15. The van der Waals surface area contributed by atoms with Gasteiger partial charge in [0.05, 0.1) is 12.2 Å². The maximum atomic E-state index is 12.3. The molecule has 1 amide bonds. The molecule has 0 aliphatic heterocycles. The summed E-state index contributed by atoms with van der Waals surface area (Å²) in [7, 11) is 1.85. The van der Waals surface area contributed by atoms with Gasteiger partial charge in [-0.3, -0.25) is 9.48 Å². The highest BCUT2D eigenvalue weighted by molar-refractivity contribution is 7.10. The largest absolute Gasteiger partial charge is 0.341 e. The van der Waals surface area contributed by atoms with Gasteiger partial charge in [-0.05, 0) is 23.1 Å². The molecule has 23 heavy (non-hydrogen) atoms. The fourth-order valence-electron chi connectivity index (χ4n) is 2.31. The molecule has 0 saturated heterocycles. The number of carbonyl (C=O) groups is 1. The molecular formula is C18H17N3OS. The highest BCUT2D eigenvalue weighted by Crippen LogP contribution is 2.25. The number of nitrogens with zero attached hydrogens (tertiary/aromatic N) is 2. The number of amides is 1. The molecule has 1 atom stereocenters. The Morgan fingerprint density at radius 2 is 2.09 bits per heavy atom. The van der Waals surface area contributed by atoms with Gasteiger partial charge in [0.1, 0.15) is 0 Å². The van der Waals surface area contributed by atoms with E-state index in [1.54, 1.807) is 34.4 Å². The molecule has 116 valence electrons. The third kappa shape index (κ3) is 3.96. The molecule has 0 unspecified atom stereocenters. The van der Waals surface area contributed by atoms with Gasteiger partial charge >= 0.3 is 0 Å². The van der Waals surface area contributed by atoms with Gasteiger partial charge in [0, 0.05) is 29.8 Å². The fourth-order valence-corrected chi connectivity index (χ4v) is 3.11. The fraction of sp³-hybridized carbons (Fsp3) is 0.111. The molecule has 1 aromatic carbocycles. The zero-order chi connectivity index (χ0) is 16.1. The molecule has 0 fully saturated rings. The van der Waals surface area contributed by atoms with Crippen molar-refractivity contribution in [3.8, 4) is 0 Å². The SMILES string of the molecule is Cn1cc(/C=C/C(=O)N[C@@H](c2ccccc2)c2cccs2)cn1. The van der Waals surface area contributed by atoms with Gasteiger partial charge in [-0.2, -0.15) is 5.10 Å². The molecule has 0 spiro atoms. The molecule has 0 bridgehead atoms. The molecular weight excluding hydrogens is 306 g/mol. The first-order chi connectivity index (χ1) is 11.2. The topological polar surface area (TPSA) is 46.9 Å². The van der Waals surface area contributed by atoms with Crippen molar-refractivity contribution in [3.05, 3.63) is 82.3 Å². The molecule has 2 aromatic heterocycles. The third-order valence-electron chi connectivity index (χ3n) is 3.40. The van der Waals surface area contributed by atoms with E-state index in [1.807, 2.05) is 61.1 Å². The number of rotatable bonds is 5. The number of nitrogens with one attached hydrogen (secondary N) is 1. The third-order valence-corrected chi connectivity index (χ3v) is 4.34. The van der Waals surface area contributed by atoms with E-state index in [0.717, 1.165) is 16.0 Å². The van der Waals surface area contributed by atoms with Crippen molar-refractivity contribution in [2.45, 2.75) is 6.04 Å². The summed E-state index contributed by atoms with van der Waals surface area (Å²) in [6, 6.07) is 13.9. The summed E-state index contributed by atoms with van der Waals surface area (Å²) in [5, 5.41) is 9.17. The molecule has 5 heteroatoms. The van der Waals surface area contributed by atoms with Gasteiger partial charge in [0.2, 0.25) is 5.91 Å². The molecule has 0 aliphatic carbocycles. The minimum atomic E-state index is -0.137. The zero-order valence-electron chi connectivity index (χ0n) is 12.7. The van der Waals surface area contributed by atoms with Crippen molar-refractivity contribution >= 4 is 23.3 Å². The molecule has 0 saturated carbocycles. The van der Waals surface area contributed by atoms with E-state index in [1.165, 1.54) is 0 Å². The Hall–Kier alpha value is -2.66. The van der Waals surface area contributed by atoms with E-state index in [4.69, 9.17) is 0 Å². The quantitative estimate of drug-likeness (QED) is 0.732. The number of carbonyl (C=O) groups excluding carboxylic acids is 1. The van der Waals surface area contributed by atoms with E-state index in [0.29, 0.717) is 0 Å². The van der Waals surface area contributed by atoms with Crippen LogP contribution in [-0.4, -0.2) is 15.7 Å². The summed E-state index contributed by atoms with van der Waals surface area (Å²) in [5.41, 5.74) is 1.97. The summed E-state index contributed by atoms with van der Waals surface area (Å²) >= 11 is 1.63.